The van der Waals surface area contributed by atoms with Gasteiger partial charge < -0.3 is 10.2 Å². The SMILES string of the molecule is CCN(CC)c1ccc(CNC(=O)CN(C)S(C)(=O)=O)cc1F. The molecule has 1 aromatic rings. The highest BCUT2D eigenvalue weighted by Gasteiger charge is 2.15. The molecule has 0 radical (unpaired) electrons. The van der Waals surface area contributed by atoms with Crippen LogP contribution in [0.15, 0.2) is 18.2 Å². The van der Waals surface area contributed by atoms with Gasteiger partial charge in [-0.2, -0.15) is 4.31 Å². The number of rotatable bonds is 8. The molecule has 0 fully saturated rings. The lowest BCUT2D eigenvalue weighted by Gasteiger charge is -2.22. The van der Waals surface area contributed by atoms with Gasteiger partial charge in [0.2, 0.25) is 15.9 Å². The molecule has 0 aliphatic rings. The molecule has 0 heterocycles. The number of sulfonamides is 1. The van der Waals surface area contributed by atoms with E-state index < -0.39 is 15.9 Å². The first-order valence-electron chi connectivity index (χ1n) is 7.40. The number of nitrogens with one attached hydrogen (secondary N) is 1. The minimum atomic E-state index is -3.40. The van der Waals surface area contributed by atoms with Crippen molar-refractivity contribution in [3.05, 3.63) is 29.6 Å². The van der Waals surface area contributed by atoms with Gasteiger partial charge in [-0.05, 0) is 31.5 Å². The zero-order chi connectivity index (χ0) is 17.6. The molecule has 1 rings (SSSR count). The Balaban J connectivity index is 2.65. The second-order valence-electron chi connectivity index (χ2n) is 5.25. The molecular weight excluding hydrogens is 321 g/mol. The summed E-state index contributed by atoms with van der Waals surface area (Å²) in [7, 11) is -2.07. The molecule has 0 saturated heterocycles. The molecule has 0 spiro atoms. The van der Waals surface area contributed by atoms with E-state index in [9.17, 15) is 17.6 Å². The van der Waals surface area contributed by atoms with Crippen LogP contribution in [0.2, 0.25) is 0 Å². The molecule has 0 bridgehead atoms. The van der Waals surface area contributed by atoms with Crippen molar-refractivity contribution >= 4 is 21.6 Å². The molecule has 0 aliphatic heterocycles. The number of carbonyl (C=O) groups excluding carboxylic acids is 1. The topological polar surface area (TPSA) is 69.7 Å². The lowest BCUT2D eigenvalue weighted by Crippen LogP contribution is -2.37. The number of halogens is 1. The molecule has 1 N–H and O–H groups in total. The van der Waals surface area contributed by atoms with E-state index >= 15 is 0 Å². The lowest BCUT2D eigenvalue weighted by atomic mass is 10.1. The summed E-state index contributed by atoms with van der Waals surface area (Å²) in [5, 5.41) is 2.58. The summed E-state index contributed by atoms with van der Waals surface area (Å²) in [6.45, 7) is 5.21. The number of anilines is 1. The number of amides is 1. The summed E-state index contributed by atoms with van der Waals surface area (Å²) in [4.78, 5) is 13.6. The second-order valence-corrected chi connectivity index (χ2v) is 7.34. The standard InChI is InChI=1S/C15H24FN3O3S/c1-5-19(6-2)14-8-7-12(9-13(14)16)10-17-15(20)11-18(3)23(4,21)22/h7-9H,5-6,10-11H2,1-4H3,(H,17,20). The van der Waals surface area contributed by atoms with E-state index in [1.807, 2.05) is 18.7 Å². The minimum absolute atomic E-state index is 0.145. The predicted octanol–water partition coefficient (Wildman–Crippen LogP) is 1.18. The summed E-state index contributed by atoms with van der Waals surface area (Å²) < 4.78 is 37.5. The summed E-state index contributed by atoms with van der Waals surface area (Å²) >= 11 is 0. The lowest BCUT2D eigenvalue weighted by molar-refractivity contribution is -0.121. The molecule has 0 aromatic heterocycles. The first-order chi connectivity index (χ1) is 10.7. The molecule has 0 saturated carbocycles. The molecule has 0 unspecified atom stereocenters. The maximum atomic E-state index is 14.1. The fourth-order valence-corrected chi connectivity index (χ4v) is 2.41. The Labute approximate surface area is 137 Å². The Morgan fingerprint density at radius 3 is 2.35 bits per heavy atom. The van der Waals surface area contributed by atoms with E-state index in [1.54, 1.807) is 12.1 Å². The first kappa shape index (κ1) is 19.4. The Bertz CT molecular complexity index is 645. The highest BCUT2D eigenvalue weighted by Crippen LogP contribution is 2.20. The van der Waals surface area contributed by atoms with Gasteiger partial charge in [0.05, 0.1) is 18.5 Å². The smallest absolute Gasteiger partial charge is 0.235 e. The maximum Gasteiger partial charge on any atom is 0.235 e. The van der Waals surface area contributed by atoms with Gasteiger partial charge in [0.25, 0.3) is 0 Å². The van der Waals surface area contributed by atoms with Crippen molar-refractivity contribution < 1.29 is 17.6 Å². The van der Waals surface area contributed by atoms with Crippen LogP contribution in [0.4, 0.5) is 10.1 Å². The van der Waals surface area contributed by atoms with Crippen LogP contribution < -0.4 is 10.2 Å². The van der Waals surface area contributed by atoms with Crippen molar-refractivity contribution in [2.75, 3.05) is 37.8 Å². The van der Waals surface area contributed by atoms with Crippen molar-refractivity contribution in [1.82, 2.24) is 9.62 Å². The van der Waals surface area contributed by atoms with Crippen LogP contribution in [0.5, 0.6) is 0 Å². The summed E-state index contributed by atoms with van der Waals surface area (Å²) in [6.07, 6.45) is 1.03. The maximum absolute atomic E-state index is 14.1. The molecular formula is C15H24FN3O3S. The van der Waals surface area contributed by atoms with Gasteiger partial charge in [-0.3, -0.25) is 4.79 Å². The molecule has 1 amide bonds. The zero-order valence-corrected chi connectivity index (χ0v) is 14.8. The minimum Gasteiger partial charge on any atom is -0.370 e. The third kappa shape index (κ3) is 5.80. The summed E-state index contributed by atoms with van der Waals surface area (Å²) in [5.41, 5.74) is 1.15. The van der Waals surface area contributed by atoms with Gasteiger partial charge in [-0.1, -0.05) is 6.07 Å². The third-order valence-electron chi connectivity index (χ3n) is 3.54. The zero-order valence-electron chi connectivity index (χ0n) is 14.0. The third-order valence-corrected chi connectivity index (χ3v) is 4.80. The number of nitrogens with zero attached hydrogens (tertiary/aromatic N) is 2. The van der Waals surface area contributed by atoms with Gasteiger partial charge in [-0.25, -0.2) is 12.8 Å². The molecule has 8 heteroatoms. The summed E-state index contributed by atoms with van der Waals surface area (Å²) in [5.74, 6) is -0.778. The monoisotopic (exact) mass is 345 g/mol. The van der Waals surface area contributed by atoms with Crippen molar-refractivity contribution in [2.45, 2.75) is 20.4 Å². The van der Waals surface area contributed by atoms with Gasteiger partial charge in [-0.15, -0.1) is 0 Å². The van der Waals surface area contributed by atoms with Crippen LogP contribution in [-0.4, -0.2) is 51.6 Å². The van der Waals surface area contributed by atoms with E-state index in [0.29, 0.717) is 24.3 Å². The number of hydrogen-bond acceptors (Lipinski definition) is 4. The number of likely N-dealkylation sites (N-methyl/N-ethyl adjacent to an activating group) is 1. The number of carbonyl (C=O) groups is 1. The van der Waals surface area contributed by atoms with E-state index in [0.717, 1.165) is 10.6 Å². The Morgan fingerprint density at radius 1 is 1.26 bits per heavy atom. The molecule has 0 atom stereocenters. The van der Waals surface area contributed by atoms with E-state index in [2.05, 4.69) is 5.32 Å². The van der Waals surface area contributed by atoms with Crippen molar-refractivity contribution in [3.63, 3.8) is 0 Å². The van der Waals surface area contributed by atoms with E-state index in [-0.39, 0.29) is 18.9 Å². The van der Waals surface area contributed by atoms with Crippen LogP contribution >= 0.6 is 0 Å². The Morgan fingerprint density at radius 2 is 1.87 bits per heavy atom. The van der Waals surface area contributed by atoms with E-state index in [1.165, 1.54) is 13.1 Å². The summed E-state index contributed by atoms with van der Waals surface area (Å²) in [6, 6.07) is 4.82. The van der Waals surface area contributed by atoms with Crippen molar-refractivity contribution in [3.8, 4) is 0 Å². The van der Waals surface area contributed by atoms with Crippen LogP contribution in [-0.2, 0) is 21.4 Å². The Kier molecular flexibility index (Phi) is 6.96. The predicted molar refractivity (Wildman–Crippen MR) is 89.3 cm³/mol. The average molecular weight is 345 g/mol. The molecule has 6 nitrogen and oxygen atoms in total. The van der Waals surface area contributed by atoms with Crippen molar-refractivity contribution in [2.24, 2.45) is 0 Å². The normalized spacial score (nSPS) is 11.6. The van der Waals surface area contributed by atoms with E-state index in [4.69, 9.17) is 0 Å². The highest BCUT2D eigenvalue weighted by molar-refractivity contribution is 7.88. The van der Waals surface area contributed by atoms with Crippen molar-refractivity contribution in [1.29, 1.82) is 0 Å². The molecule has 0 aliphatic carbocycles. The molecule has 23 heavy (non-hydrogen) atoms. The average Bonchev–Trinajstić information content (AvgIpc) is 2.47. The fourth-order valence-electron chi connectivity index (χ4n) is 2.06. The van der Waals surface area contributed by atoms with Gasteiger partial charge in [0.15, 0.2) is 0 Å². The van der Waals surface area contributed by atoms with Gasteiger partial charge >= 0.3 is 0 Å². The Hall–Kier alpha value is -1.67. The number of benzene rings is 1. The van der Waals surface area contributed by atoms with Crippen LogP contribution in [0.3, 0.4) is 0 Å². The molecule has 1 aromatic carbocycles. The first-order valence-corrected chi connectivity index (χ1v) is 9.25. The fraction of sp³-hybridized carbons (Fsp3) is 0.533. The van der Waals surface area contributed by atoms with Crippen LogP contribution in [0, 0.1) is 5.82 Å². The van der Waals surface area contributed by atoms with Gasteiger partial charge in [0.1, 0.15) is 5.82 Å². The van der Waals surface area contributed by atoms with Crippen LogP contribution in [0.25, 0.3) is 0 Å². The van der Waals surface area contributed by atoms with Crippen LogP contribution in [0.1, 0.15) is 19.4 Å². The highest BCUT2D eigenvalue weighted by atomic mass is 32.2. The quantitative estimate of drug-likeness (QED) is 0.768. The van der Waals surface area contributed by atoms with Gasteiger partial charge in [0, 0.05) is 26.7 Å². The molecule has 130 valence electrons. The largest absolute Gasteiger partial charge is 0.370 e. The second kappa shape index (κ2) is 8.26. The number of hydrogen-bond donors (Lipinski definition) is 1.